The molecule has 1 saturated heterocycles. The molecule has 0 N–H and O–H groups in total. The standard InChI is InChI=1S/C14H15ClF5N5O2S/c1-23-7(3-13(15,16)17)4-24(12(23)26)5-8-10(14(18,19)20)25-11(21-8)28-9(22-25)6-27-2/h7H,3-6H2,1-2H3. The predicted molar refractivity (Wildman–Crippen MR) is 89.4 cm³/mol. The number of hydrogen-bond acceptors (Lipinski definition) is 5. The molecule has 3 rings (SSSR count). The third kappa shape index (κ3) is 4.15. The fraction of sp³-hybridized carbons (Fsp3) is 0.643. The second-order valence-corrected chi connectivity index (χ2v) is 7.87. The Hall–Kier alpha value is -1.73. The second kappa shape index (κ2) is 7.26. The van der Waals surface area contributed by atoms with Crippen molar-refractivity contribution in [2.24, 2.45) is 0 Å². The van der Waals surface area contributed by atoms with E-state index < -0.39 is 48.0 Å². The van der Waals surface area contributed by atoms with Gasteiger partial charge in [0.05, 0.1) is 24.9 Å². The molecule has 1 fully saturated rings. The molecule has 7 nitrogen and oxygen atoms in total. The van der Waals surface area contributed by atoms with Gasteiger partial charge in [-0.1, -0.05) is 11.3 Å². The van der Waals surface area contributed by atoms with Crippen LogP contribution in [-0.2, 0) is 24.1 Å². The third-order valence-corrected chi connectivity index (χ3v) is 5.25. The highest BCUT2D eigenvalue weighted by atomic mass is 35.5. The Morgan fingerprint density at radius 2 is 2.00 bits per heavy atom. The first-order chi connectivity index (χ1) is 12.9. The van der Waals surface area contributed by atoms with Crippen molar-refractivity contribution in [2.75, 3.05) is 20.7 Å². The lowest BCUT2D eigenvalue weighted by molar-refractivity contribution is -0.143. The van der Waals surface area contributed by atoms with Crippen molar-refractivity contribution in [2.45, 2.75) is 37.2 Å². The van der Waals surface area contributed by atoms with E-state index in [9.17, 15) is 26.7 Å². The summed E-state index contributed by atoms with van der Waals surface area (Å²) in [4.78, 5) is 18.3. The highest BCUT2D eigenvalue weighted by Gasteiger charge is 2.44. The molecule has 0 aliphatic carbocycles. The average Bonchev–Trinajstić information content (AvgIpc) is 3.13. The fourth-order valence-corrected chi connectivity index (χ4v) is 4.08. The maximum atomic E-state index is 13.6. The highest BCUT2D eigenvalue weighted by Crippen LogP contribution is 2.36. The number of urea groups is 1. The van der Waals surface area contributed by atoms with Gasteiger partial charge in [0.1, 0.15) is 5.01 Å². The van der Waals surface area contributed by atoms with E-state index in [1.807, 2.05) is 0 Å². The number of aromatic nitrogens is 3. The number of nitrogens with zero attached hydrogens (tertiary/aromatic N) is 5. The zero-order valence-electron chi connectivity index (χ0n) is 14.6. The Labute approximate surface area is 164 Å². The molecule has 1 aliphatic rings. The monoisotopic (exact) mass is 447 g/mol. The van der Waals surface area contributed by atoms with Crippen LogP contribution in [0.5, 0.6) is 0 Å². The van der Waals surface area contributed by atoms with Crippen LogP contribution in [0.3, 0.4) is 0 Å². The van der Waals surface area contributed by atoms with E-state index >= 15 is 0 Å². The van der Waals surface area contributed by atoms with Gasteiger partial charge in [-0.3, -0.25) is 0 Å². The molecule has 14 heteroatoms. The summed E-state index contributed by atoms with van der Waals surface area (Å²) in [6.45, 7) is -0.648. The molecule has 156 valence electrons. The molecule has 0 aromatic carbocycles. The van der Waals surface area contributed by atoms with E-state index in [1.165, 1.54) is 14.2 Å². The largest absolute Gasteiger partial charge is 0.435 e. The molecule has 0 spiro atoms. The van der Waals surface area contributed by atoms with Gasteiger partial charge in [-0.15, -0.1) is 0 Å². The minimum absolute atomic E-state index is 0.00165. The first-order valence-electron chi connectivity index (χ1n) is 7.92. The van der Waals surface area contributed by atoms with Crippen molar-refractivity contribution in [3.05, 3.63) is 16.4 Å². The molecule has 28 heavy (non-hydrogen) atoms. The van der Waals surface area contributed by atoms with Gasteiger partial charge in [0.25, 0.3) is 0 Å². The van der Waals surface area contributed by atoms with Crippen LogP contribution in [0, 0.1) is 0 Å². The zero-order chi connectivity index (χ0) is 20.9. The van der Waals surface area contributed by atoms with Crippen LogP contribution >= 0.6 is 22.9 Å². The van der Waals surface area contributed by atoms with E-state index in [-0.39, 0.29) is 18.1 Å². The maximum absolute atomic E-state index is 13.6. The van der Waals surface area contributed by atoms with Crippen LogP contribution < -0.4 is 0 Å². The number of carbonyl (C=O) groups excluding carboxylic acids is 1. The van der Waals surface area contributed by atoms with Gasteiger partial charge in [0, 0.05) is 27.1 Å². The lowest BCUT2D eigenvalue weighted by Gasteiger charge is -2.19. The normalized spacial score (nSPS) is 18.7. The minimum Gasteiger partial charge on any atom is -0.377 e. The molecule has 0 bridgehead atoms. The van der Waals surface area contributed by atoms with Crippen LogP contribution in [-0.4, -0.2) is 62.6 Å². The van der Waals surface area contributed by atoms with Gasteiger partial charge < -0.3 is 14.5 Å². The molecule has 3 heterocycles. The fourth-order valence-electron chi connectivity index (χ4n) is 3.02. The van der Waals surface area contributed by atoms with Crippen molar-refractivity contribution in [1.82, 2.24) is 24.4 Å². The van der Waals surface area contributed by atoms with E-state index in [0.29, 0.717) is 9.52 Å². The summed E-state index contributed by atoms with van der Waals surface area (Å²) in [5.41, 5.74) is -1.52. The summed E-state index contributed by atoms with van der Waals surface area (Å²) >= 11 is 5.85. The van der Waals surface area contributed by atoms with Crippen molar-refractivity contribution < 1.29 is 31.5 Å². The quantitative estimate of drug-likeness (QED) is 0.503. The van der Waals surface area contributed by atoms with E-state index in [4.69, 9.17) is 16.3 Å². The predicted octanol–water partition coefficient (Wildman–Crippen LogP) is 3.41. The Morgan fingerprint density at radius 3 is 2.57 bits per heavy atom. The number of ether oxygens (including phenoxy) is 1. The number of hydrogen-bond donors (Lipinski definition) is 0. The van der Waals surface area contributed by atoms with Gasteiger partial charge in [-0.2, -0.15) is 31.6 Å². The number of halogens is 6. The molecule has 1 aliphatic heterocycles. The van der Waals surface area contributed by atoms with Crippen molar-refractivity contribution >= 4 is 33.9 Å². The number of imidazole rings is 1. The van der Waals surface area contributed by atoms with Crippen LogP contribution in [0.15, 0.2) is 0 Å². The van der Waals surface area contributed by atoms with Gasteiger partial charge >= 0.3 is 17.6 Å². The van der Waals surface area contributed by atoms with Crippen molar-refractivity contribution in [3.63, 3.8) is 0 Å². The number of carbonyl (C=O) groups is 1. The number of rotatable bonds is 6. The van der Waals surface area contributed by atoms with Crippen molar-refractivity contribution in [1.29, 1.82) is 0 Å². The van der Waals surface area contributed by atoms with Crippen LogP contribution in [0.25, 0.3) is 4.96 Å². The summed E-state index contributed by atoms with van der Waals surface area (Å²) in [7, 11) is 2.68. The number of likely N-dealkylation sites (N-methyl/N-ethyl adjacent to an activating group) is 1. The lowest BCUT2D eigenvalue weighted by Crippen LogP contribution is -2.33. The topological polar surface area (TPSA) is 63.0 Å². The smallest absolute Gasteiger partial charge is 0.377 e. The Bertz CT molecular complexity index is 880. The summed E-state index contributed by atoms with van der Waals surface area (Å²) < 4.78 is 72.5. The van der Waals surface area contributed by atoms with Crippen LogP contribution in [0.2, 0.25) is 0 Å². The van der Waals surface area contributed by atoms with Gasteiger partial charge in [-0.25, -0.2) is 9.78 Å². The van der Waals surface area contributed by atoms with Crippen LogP contribution in [0.4, 0.5) is 26.7 Å². The van der Waals surface area contributed by atoms with E-state index in [0.717, 1.165) is 21.1 Å². The Balaban J connectivity index is 1.89. The SMILES string of the molecule is COCc1nn2c(C(F)(F)F)c(CN3CC(CC(F)(F)Cl)N(C)C3=O)nc2s1. The summed E-state index contributed by atoms with van der Waals surface area (Å²) in [6.07, 6.45) is -5.58. The number of amides is 2. The Morgan fingerprint density at radius 1 is 1.32 bits per heavy atom. The third-order valence-electron chi connectivity index (χ3n) is 4.21. The average molecular weight is 448 g/mol. The molecule has 0 radical (unpaired) electrons. The molecule has 2 amide bonds. The van der Waals surface area contributed by atoms with E-state index in [2.05, 4.69) is 10.1 Å². The maximum Gasteiger partial charge on any atom is 0.435 e. The second-order valence-electron chi connectivity index (χ2n) is 6.28. The van der Waals surface area contributed by atoms with Gasteiger partial charge in [0.15, 0.2) is 5.69 Å². The Kier molecular flexibility index (Phi) is 5.44. The molecule has 1 atom stereocenters. The van der Waals surface area contributed by atoms with Gasteiger partial charge in [0.2, 0.25) is 4.96 Å². The first kappa shape index (κ1) is 21.0. The summed E-state index contributed by atoms with van der Waals surface area (Å²) in [5.74, 6) is 0. The van der Waals surface area contributed by atoms with Gasteiger partial charge in [-0.05, 0) is 11.6 Å². The molecule has 2 aromatic heterocycles. The first-order valence-corrected chi connectivity index (χ1v) is 9.12. The zero-order valence-corrected chi connectivity index (χ0v) is 16.2. The summed E-state index contributed by atoms with van der Waals surface area (Å²) in [5, 5.41) is 0.645. The van der Waals surface area contributed by atoms with E-state index in [1.54, 1.807) is 0 Å². The highest BCUT2D eigenvalue weighted by molar-refractivity contribution is 7.16. The number of fused-ring (bicyclic) bond motifs is 1. The minimum atomic E-state index is -4.77. The molecule has 1 unspecified atom stereocenters. The lowest BCUT2D eigenvalue weighted by atomic mass is 10.2. The molecule has 0 saturated carbocycles. The molecule has 2 aromatic rings. The summed E-state index contributed by atoms with van der Waals surface area (Å²) in [6, 6.07) is -1.60. The van der Waals surface area contributed by atoms with Crippen molar-refractivity contribution in [3.8, 4) is 0 Å². The molecular weight excluding hydrogens is 433 g/mol. The number of methoxy groups -OCH3 is 1. The number of alkyl halides is 6. The van der Waals surface area contributed by atoms with Crippen LogP contribution in [0.1, 0.15) is 22.8 Å². The molecular formula is C14H15ClF5N5O2S.